The van der Waals surface area contributed by atoms with Crippen LogP contribution in [0.5, 0.6) is 11.5 Å². The van der Waals surface area contributed by atoms with Gasteiger partial charge in [0.2, 0.25) is 10.0 Å². The first kappa shape index (κ1) is 28.4. The zero-order valence-corrected chi connectivity index (χ0v) is 22.7. The summed E-state index contributed by atoms with van der Waals surface area (Å²) >= 11 is 0. The van der Waals surface area contributed by atoms with E-state index in [1.807, 2.05) is 0 Å². The summed E-state index contributed by atoms with van der Waals surface area (Å²) in [5.41, 5.74) is -2.36. The summed E-state index contributed by atoms with van der Waals surface area (Å²) in [6.07, 6.45) is 0.480. The van der Waals surface area contributed by atoms with Crippen molar-refractivity contribution in [1.29, 1.82) is 0 Å². The Balaban J connectivity index is 2.29. The molecule has 0 saturated heterocycles. The molecule has 0 unspecified atom stereocenters. The molecular weight excluding hydrogens is 477 g/mol. The Morgan fingerprint density at radius 3 is 1.94 bits per heavy atom. The molecule has 3 N–H and O–H groups in total. The van der Waals surface area contributed by atoms with Crippen molar-refractivity contribution in [2.45, 2.75) is 68.5 Å². The van der Waals surface area contributed by atoms with Crippen LogP contribution >= 0.6 is 0 Å². The quantitative estimate of drug-likeness (QED) is 0.375. The SMILES string of the molecule is CC(C)(C)[SiH2]OC(C)(C)[C@](CO)(CCCO)NS(=O)(=O)c1ccc(Oc2ccc(F)cc2)cc1. The van der Waals surface area contributed by atoms with E-state index in [1.54, 1.807) is 13.8 Å². The number of ether oxygens (including phenoxy) is 1. The standard InChI is InChI=1S/C24H36FNO6SSi/c1-22(2,3)34-32-23(4,5)24(17-28,15-6-16-27)26-33(29,30)21-13-11-20(12-14-21)31-19-9-7-18(25)8-10-19/h7-14,26-28H,6,15-17,34H2,1-5H3/t24-/m1/s1. The molecule has 0 aliphatic rings. The van der Waals surface area contributed by atoms with Gasteiger partial charge in [-0.25, -0.2) is 12.8 Å². The van der Waals surface area contributed by atoms with Gasteiger partial charge in [0.05, 0.1) is 22.6 Å². The van der Waals surface area contributed by atoms with Gasteiger partial charge >= 0.3 is 0 Å². The van der Waals surface area contributed by atoms with E-state index in [0.717, 1.165) is 0 Å². The second-order valence-corrected chi connectivity index (χ2v) is 14.4. The molecule has 190 valence electrons. The predicted molar refractivity (Wildman–Crippen MR) is 133 cm³/mol. The molecule has 0 bridgehead atoms. The molecule has 2 aromatic rings. The Bertz CT molecular complexity index is 1020. The lowest BCUT2D eigenvalue weighted by atomic mass is 9.80. The van der Waals surface area contributed by atoms with Crippen LogP contribution in [0.4, 0.5) is 4.39 Å². The molecule has 0 aliphatic carbocycles. The number of aliphatic hydroxyl groups excluding tert-OH is 2. The van der Waals surface area contributed by atoms with Gasteiger partial charge in [0.15, 0.2) is 9.76 Å². The molecule has 0 spiro atoms. The third-order valence-corrected chi connectivity index (χ3v) is 8.85. The highest BCUT2D eigenvalue weighted by Crippen LogP contribution is 2.34. The Morgan fingerprint density at radius 2 is 1.47 bits per heavy atom. The molecular formula is C24H36FNO6SSi. The van der Waals surface area contributed by atoms with E-state index in [0.29, 0.717) is 11.5 Å². The number of hydrogen-bond donors (Lipinski definition) is 3. The normalized spacial score (nSPS) is 14.9. The summed E-state index contributed by atoms with van der Waals surface area (Å²) in [6.45, 7) is 9.06. The van der Waals surface area contributed by atoms with Crippen LogP contribution in [-0.2, 0) is 14.4 Å². The zero-order chi connectivity index (χ0) is 25.6. The number of rotatable bonds is 12. The Kier molecular flexibility index (Phi) is 9.42. The van der Waals surface area contributed by atoms with Crippen LogP contribution < -0.4 is 9.46 Å². The molecule has 7 nitrogen and oxygen atoms in total. The van der Waals surface area contributed by atoms with Gasteiger partial charge in [0, 0.05) is 6.61 Å². The van der Waals surface area contributed by atoms with Crippen molar-refractivity contribution in [3.63, 3.8) is 0 Å². The lowest BCUT2D eigenvalue weighted by molar-refractivity contribution is -0.0253. The van der Waals surface area contributed by atoms with Crippen molar-refractivity contribution in [2.24, 2.45) is 0 Å². The van der Waals surface area contributed by atoms with Crippen molar-refractivity contribution in [3.05, 3.63) is 54.3 Å². The smallest absolute Gasteiger partial charge is 0.241 e. The minimum absolute atomic E-state index is 0.00959. The highest BCUT2D eigenvalue weighted by Gasteiger charge is 2.48. The van der Waals surface area contributed by atoms with E-state index in [2.05, 4.69) is 25.5 Å². The summed E-state index contributed by atoms with van der Waals surface area (Å²) in [5.74, 6) is 0.421. The maximum Gasteiger partial charge on any atom is 0.241 e. The molecule has 0 aromatic heterocycles. The van der Waals surface area contributed by atoms with E-state index in [1.165, 1.54) is 48.5 Å². The summed E-state index contributed by atoms with van der Waals surface area (Å²) < 4.78 is 54.3. The number of sulfonamides is 1. The summed E-state index contributed by atoms with van der Waals surface area (Å²) in [6, 6.07) is 11.3. The van der Waals surface area contributed by atoms with E-state index in [9.17, 15) is 23.0 Å². The highest BCUT2D eigenvalue weighted by atomic mass is 32.2. The molecule has 10 heteroatoms. The Hall–Kier alpha value is -1.82. The molecule has 0 fully saturated rings. The number of nitrogens with one attached hydrogen (secondary N) is 1. The first-order valence-corrected chi connectivity index (χ1v) is 13.9. The average molecular weight is 514 g/mol. The fourth-order valence-electron chi connectivity index (χ4n) is 3.33. The van der Waals surface area contributed by atoms with Crippen LogP contribution in [0.3, 0.4) is 0 Å². The molecule has 0 heterocycles. The zero-order valence-electron chi connectivity index (χ0n) is 20.5. The lowest BCUT2D eigenvalue weighted by Gasteiger charge is -2.47. The fourth-order valence-corrected chi connectivity index (χ4v) is 5.94. The van der Waals surface area contributed by atoms with Gasteiger partial charge < -0.3 is 19.4 Å². The summed E-state index contributed by atoms with van der Waals surface area (Å²) in [4.78, 5) is -0.00959. The maximum absolute atomic E-state index is 13.3. The van der Waals surface area contributed by atoms with Crippen molar-refractivity contribution in [1.82, 2.24) is 4.72 Å². The molecule has 0 saturated carbocycles. The number of halogens is 1. The molecule has 2 rings (SSSR count). The number of hydrogen-bond acceptors (Lipinski definition) is 6. The van der Waals surface area contributed by atoms with Gasteiger partial charge in [-0.3, -0.25) is 0 Å². The van der Waals surface area contributed by atoms with E-state index >= 15 is 0 Å². The molecule has 1 atom stereocenters. The van der Waals surface area contributed by atoms with Crippen molar-refractivity contribution in [2.75, 3.05) is 13.2 Å². The Labute approximate surface area is 204 Å². The van der Waals surface area contributed by atoms with Crippen molar-refractivity contribution >= 4 is 19.8 Å². The van der Waals surface area contributed by atoms with Crippen molar-refractivity contribution in [3.8, 4) is 11.5 Å². The second-order valence-electron chi connectivity index (χ2n) is 10.1. The molecule has 34 heavy (non-hydrogen) atoms. The van der Waals surface area contributed by atoms with Crippen LogP contribution in [0.1, 0.15) is 47.5 Å². The predicted octanol–water partition coefficient (Wildman–Crippen LogP) is 3.50. The van der Waals surface area contributed by atoms with Crippen LogP contribution in [0, 0.1) is 5.82 Å². The van der Waals surface area contributed by atoms with Gasteiger partial charge in [-0.2, -0.15) is 4.72 Å². The summed E-state index contributed by atoms with van der Waals surface area (Å²) in [7, 11) is -5.12. The van der Waals surface area contributed by atoms with Crippen LogP contribution in [0.25, 0.3) is 0 Å². The maximum atomic E-state index is 13.3. The van der Waals surface area contributed by atoms with Crippen molar-refractivity contribution < 1.29 is 32.2 Å². The molecule has 2 aromatic carbocycles. The largest absolute Gasteiger partial charge is 0.457 e. The topological polar surface area (TPSA) is 105 Å². The molecule has 0 aliphatic heterocycles. The van der Waals surface area contributed by atoms with E-state index in [-0.39, 0.29) is 35.2 Å². The van der Waals surface area contributed by atoms with Gasteiger partial charge in [-0.05, 0) is 80.3 Å². The van der Waals surface area contributed by atoms with E-state index in [4.69, 9.17) is 9.16 Å². The minimum Gasteiger partial charge on any atom is -0.457 e. The van der Waals surface area contributed by atoms with E-state index < -0.39 is 37.5 Å². The number of aliphatic hydroxyl groups is 2. The average Bonchev–Trinajstić information content (AvgIpc) is 2.76. The van der Waals surface area contributed by atoms with Crippen LogP contribution in [-0.4, -0.2) is 52.7 Å². The Morgan fingerprint density at radius 1 is 0.941 bits per heavy atom. The first-order chi connectivity index (χ1) is 15.7. The van der Waals surface area contributed by atoms with Crippen LogP contribution in [0.15, 0.2) is 53.4 Å². The first-order valence-electron chi connectivity index (χ1n) is 11.2. The summed E-state index contributed by atoms with van der Waals surface area (Å²) in [5, 5.41) is 19.8. The number of benzene rings is 2. The second kappa shape index (κ2) is 11.3. The van der Waals surface area contributed by atoms with Gasteiger partial charge in [-0.1, -0.05) is 20.8 Å². The van der Waals surface area contributed by atoms with Gasteiger partial charge in [-0.15, -0.1) is 0 Å². The van der Waals surface area contributed by atoms with Crippen LogP contribution in [0.2, 0.25) is 5.04 Å². The minimum atomic E-state index is -4.05. The molecule has 0 radical (unpaired) electrons. The third-order valence-electron chi connectivity index (χ3n) is 5.56. The lowest BCUT2D eigenvalue weighted by Crippen LogP contribution is -2.65. The highest BCUT2D eigenvalue weighted by molar-refractivity contribution is 7.89. The fraction of sp³-hybridized carbons (Fsp3) is 0.500. The van der Waals surface area contributed by atoms with Gasteiger partial charge in [0.25, 0.3) is 0 Å². The third kappa shape index (κ3) is 7.59. The monoisotopic (exact) mass is 513 g/mol. The van der Waals surface area contributed by atoms with Gasteiger partial charge in [0.1, 0.15) is 17.3 Å². The molecule has 0 amide bonds.